The summed E-state index contributed by atoms with van der Waals surface area (Å²) in [5.74, 6) is 0.794. The van der Waals surface area contributed by atoms with Crippen molar-refractivity contribution in [2.75, 3.05) is 18.4 Å². The van der Waals surface area contributed by atoms with E-state index in [9.17, 15) is 4.79 Å². The van der Waals surface area contributed by atoms with E-state index < -0.39 is 0 Å². The van der Waals surface area contributed by atoms with E-state index in [4.69, 9.17) is 0 Å². The molecule has 0 fully saturated rings. The highest BCUT2D eigenvalue weighted by molar-refractivity contribution is 5.93. The first-order valence-corrected chi connectivity index (χ1v) is 8.26. The number of hydrogen-bond acceptors (Lipinski definition) is 3. The minimum absolute atomic E-state index is 0.0295. The summed E-state index contributed by atoms with van der Waals surface area (Å²) in [6.07, 6.45) is 10.1. The Hall–Kier alpha value is -1.58. The third-order valence-electron chi connectivity index (χ3n) is 3.40. The first kappa shape index (κ1) is 17.5. The molecule has 0 saturated heterocycles. The van der Waals surface area contributed by atoms with Gasteiger partial charge in [-0.15, -0.1) is 0 Å². The fourth-order valence-electron chi connectivity index (χ4n) is 2.10. The molecule has 0 bridgehead atoms. The number of anilines is 1. The van der Waals surface area contributed by atoms with Crippen LogP contribution >= 0.6 is 0 Å². The molecular weight excluding hydrogens is 262 g/mol. The highest BCUT2D eigenvalue weighted by Gasteiger charge is 2.05. The van der Waals surface area contributed by atoms with Gasteiger partial charge in [-0.1, -0.05) is 46.0 Å². The van der Waals surface area contributed by atoms with Gasteiger partial charge in [0.1, 0.15) is 5.82 Å². The highest BCUT2D eigenvalue weighted by atomic mass is 16.1. The maximum Gasteiger partial charge on any atom is 0.252 e. The molecule has 2 N–H and O–H groups in total. The maximum absolute atomic E-state index is 11.9. The summed E-state index contributed by atoms with van der Waals surface area (Å²) in [5, 5.41) is 6.15. The molecule has 1 rings (SSSR count). The molecule has 4 heteroatoms. The smallest absolute Gasteiger partial charge is 0.252 e. The lowest BCUT2D eigenvalue weighted by Crippen LogP contribution is -2.24. The van der Waals surface area contributed by atoms with Crippen molar-refractivity contribution in [2.45, 2.75) is 58.8 Å². The van der Waals surface area contributed by atoms with Crippen molar-refractivity contribution in [1.82, 2.24) is 10.3 Å². The molecular formula is C17H29N3O. The van der Waals surface area contributed by atoms with Crippen LogP contribution in [-0.2, 0) is 0 Å². The van der Waals surface area contributed by atoms with Crippen LogP contribution in [0.15, 0.2) is 18.3 Å². The Balaban J connectivity index is 2.19. The van der Waals surface area contributed by atoms with E-state index in [1.54, 1.807) is 6.20 Å². The Morgan fingerprint density at radius 1 is 1.00 bits per heavy atom. The van der Waals surface area contributed by atoms with E-state index >= 15 is 0 Å². The van der Waals surface area contributed by atoms with Crippen molar-refractivity contribution >= 4 is 11.7 Å². The zero-order chi connectivity index (χ0) is 15.3. The molecule has 1 aromatic heterocycles. The summed E-state index contributed by atoms with van der Waals surface area (Å²) in [7, 11) is 0. The summed E-state index contributed by atoms with van der Waals surface area (Å²) in [6.45, 7) is 5.98. The van der Waals surface area contributed by atoms with E-state index in [0.29, 0.717) is 5.56 Å². The van der Waals surface area contributed by atoms with Crippen LogP contribution in [0.3, 0.4) is 0 Å². The van der Waals surface area contributed by atoms with Crippen LogP contribution in [0.1, 0.15) is 69.2 Å². The molecule has 0 aliphatic rings. The standard InChI is InChI=1S/C17H29N3O/c1-3-5-6-7-8-9-13-19-17(21)15-10-11-16(20-14-15)18-12-4-2/h10-11,14H,3-9,12-13H2,1-2H3,(H,18,20)(H,19,21). The number of rotatable bonds is 11. The van der Waals surface area contributed by atoms with Crippen molar-refractivity contribution in [1.29, 1.82) is 0 Å². The number of amides is 1. The SMILES string of the molecule is CCCCCCCCNC(=O)c1ccc(NCCC)nc1. The molecule has 1 aromatic rings. The second-order valence-corrected chi connectivity index (χ2v) is 5.38. The number of unbranched alkanes of at least 4 members (excludes halogenated alkanes) is 5. The summed E-state index contributed by atoms with van der Waals surface area (Å²) in [4.78, 5) is 16.2. The van der Waals surface area contributed by atoms with Crippen molar-refractivity contribution in [3.63, 3.8) is 0 Å². The summed E-state index contributed by atoms with van der Waals surface area (Å²) in [5.41, 5.74) is 0.628. The maximum atomic E-state index is 11.9. The Kier molecular flexibility index (Phi) is 9.25. The van der Waals surface area contributed by atoms with Gasteiger partial charge in [0.2, 0.25) is 0 Å². The number of aromatic nitrogens is 1. The molecule has 0 saturated carbocycles. The van der Waals surface area contributed by atoms with Gasteiger partial charge in [0.05, 0.1) is 5.56 Å². The number of nitrogens with zero attached hydrogens (tertiary/aromatic N) is 1. The summed E-state index contributed by atoms with van der Waals surface area (Å²) >= 11 is 0. The van der Waals surface area contributed by atoms with Gasteiger partial charge in [0.15, 0.2) is 0 Å². The molecule has 0 radical (unpaired) electrons. The topological polar surface area (TPSA) is 54.0 Å². The van der Waals surface area contributed by atoms with Crippen LogP contribution in [0, 0.1) is 0 Å². The van der Waals surface area contributed by atoms with E-state index in [0.717, 1.165) is 31.7 Å². The molecule has 0 aromatic carbocycles. The van der Waals surface area contributed by atoms with Gasteiger partial charge in [-0.25, -0.2) is 4.98 Å². The van der Waals surface area contributed by atoms with Crippen molar-refractivity contribution in [2.24, 2.45) is 0 Å². The van der Waals surface area contributed by atoms with E-state index in [-0.39, 0.29) is 5.91 Å². The first-order chi connectivity index (χ1) is 10.3. The predicted molar refractivity (Wildman–Crippen MR) is 88.7 cm³/mol. The zero-order valence-electron chi connectivity index (χ0n) is 13.5. The van der Waals surface area contributed by atoms with Crippen molar-refractivity contribution < 1.29 is 4.79 Å². The van der Waals surface area contributed by atoms with Crippen LogP contribution in [0.4, 0.5) is 5.82 Å². The number of pyridine rings is 1. The molecule has 118 valence electrons. The number of nitrogens with one attached hydrogen (secondary N) is 2. The van der Waals surface area contributed by atoms with E-state index in [2.05, 4.69) is 29.5 Å². The van der Waals surface area contributed by atoms with Gasteiger partial charge in [0, 0.05) is 19.3 Å². The first-order valence-electron chi connectivity index (χ1n) is 8.26. The molecule has 0 atom stereocenters. The van der Waals surface area contributed by atoms with Gasteiger partial charge in [-0.3, -0.25) is 4.79 Å². The second kappa shape index (κ2) is 11.1. The normalized spacial score (nSPS) is 10.4. The third-order valence-corrected chi connectivity index (χ3v) is 3.40. The average molecular weight is 291 g/mol. The van der Waals surface area contributed by atoms with Crippen LogP contribution < -0.4 is 10.6 Å². The average Bonchev–Trinajstić information content (AvgIpc) is 2.52. The molecule has 0 spiro atoms. The largest absolute Gasteiger partial charge is 0.370 e. The predicted octanol–water partition coefficient (Wildman–Crippen LogP) is 3.99. The molecule has 1 amide bonds. The van der Waals surface area contributed by atoms with Crippen LogP contribution in [0.5, 0.6) is 0 Å². The second-order valence-electron chi connectivity index (χ2n) is 5.38. The molecule has 1 heterocycles. The van der Waals surface area contributed by atoms with Gasteiger partial charge in [-0.05, 0) is 25.0 Å². The van der Waals surface area contributed by atoms with Gasteiger partial charge < -0.3 is 10.6 Å². The van der Waals surface area contributed by atoms with Gasteiger partial charge in [0.25, 0.3) is 5.91 Å². The van der Waals surface area contributed by atoms with Gasteiger partial charge >= 0.3 is 0 Å². The summed E-state index contributed by atoms with van der Waals surface area (Å²) in [6, 6.07) is 3.68. The lowest BCUT2D eigenvalue weighted by atomic mass is 10.1. The van der Waals surface area contributed by atoms with Gasteiger partial charge in [-0.2, -0.15) is 0 Å². The Morgan fingerprint density at radius 3 is 2.43 bits per heavy atom. The molecule has 0 aliphatic carbocycles. The van der Waals surface area contributed by atoms with Crippen molar-refractivity contribution in [3.05, 3.63) is 23.9 Å². The molecule has 0 aliphatic heterocycles. The Labute approximate surface area is 128 Å². The quantitative estimate of drug-likeness (QED) is 0.606. The fourth-order valence-corrected chi connectivity index (χ4v) is 2.10. The number of carbonyl (C=O) groups is 1. The number of hydrogen-bond donors (Lipinski definition) is 2. The lowest BCUT2D eigenvalue weighted by molar-refractivity contribution is 0.0952. The van der Waals surface area contributed by atoms with Crippen LogP contribution in [0.2, 0.25) is 0 Å². The fraction of sp³-hybridized carbons (Fsp3) is 0.647. The van der Waals surface area contributed by atoms with Crippen molar-refractivity contribution in [3.8, 4) is 0 Å². The minimum atomic E-state index is -0.0295. The monoisotopic (exact) mass is 291 g/mol. The Morgan fingerprint density at radius 2 is 1.76 bits per heavy atom. The van der Waals surface area contributed by atoms with E-state index in [1.165, 1.54) is 32.1 Å². The van der Waals surface area contributed by atoms with Crippen LogP contribution in [-0.4, -0.2) is 24.0 Å². The van der Waals surface area contributed by atoms with E-state index in [1.807, 2.05) is 12.1 Å². The highest BCUT2D eigenvalue weighted by Crippen LogP contribution is 2.06. The van der Waals surface area contributed by atoms with Crippen LogP contribution in [0.25, 0.3) is 0 Å². The lowest BCUT2D eigenvalue weighted by Gasteiger charge is -2.07. The molecule has 0 unspecified atom stereocenters. The third kappa shape index (κ3) is 7.69. The molecule has 4 nitrogen and oxygen atoms in total. The zero-order valence-corrected chi connectivity index (χ0v) is 13.5. The minimum Gasteiger partial charge on any atom is -0.370 e. The Bertz CT molecular complexity index is 390. The summed E-state index contributed by atoms with van der Waals surface area (Å²) < 4.78 is 0. The molecule has 21 heavy (non-hydrogen) atoms. The number of carbonyl (C=O) groups excluding carboxylic acids is 1.